The van der Waals surface area contributed by atoms with Crippen molar-refractivity contribution in [1.82, 2.24) is 5.32 Å². The second-order valence-corrected chi connectivity index (χ2v) is 5.77. The van der Waals surface area contributed by atoms with E-state index in [2.05, 4.69) is 5.32 Å². The Bertz CT molecular complexity index is 507. The minimum atomic E-state index is -0.319. The Hall–Kier alpha value is -1.77. The van der Waals surface area contributed by atoms with Crippen LogP contribution in [0.2, 0.25) is 0 Å². The Morgan fingerprint density at radius 1 is 1.20 bits per heavy atom. The molecule has 1 amide bonds. The smallest absolute Gasteiger partial charge is 0.411 e. The van der Waals surface area contributed by atoms with Crippen LogP contribution >= 0.6 is 0 Å². The number of alkyl carbamates (subject to hydrolysis) is 1. The minimum absolute atomic E-state index is 0.319. The molecule has 2 aliphatic carbocycles. The van der Waals surface area contributed by atoms with Gasteiger partial charge in [-0.15, -0.1) is 0 Å². The zero-order chi connectivity index (χ0) is 13.8. The minimum Gasteiger partial charge on any atom is -0.444 e. The predicted molar refractivity (Wildman–Crippen MR) is 78.0 cm³/mol. The molecule has 0 radical (unpaired) electrons. The fourth-order valence-corrected chi connectivity index (χ4v) is 3.24. The second kappa shape index (κ2) is 6.12. The number of ether oxygens (including phenoxy) is 1. The molecule has 106 valence electrons. The standard InChI is InChI=1S/C17H21NO2/c19-17(20-12-14-5-2-1-3-6-14)18-16-10-9-13-7-4-8-15(16)11-13/h1-3,5-6,13H,4,7-12H2,(H,18,19). The van der Waals surface area contributed by atoms with Crippen molar-refractivity contribution in [1.29, 1.82) is 0 Å². The van der Waals surface area contributed by atoms with Gasteiger partial charge in [-0.05, 0) is 50.0 Å². The highest BCUT2D eigenvalue weighted by molar-refractivity contribution is 5.69. The van der Waals surface area contributed by atoms with Crippen molar-refractivity contribution in [3.63, 3.8) is 0 Å². The number of carbonyl (C=O) groups is 1. The average Bonchev–Trinajstić information content (AvgIpc) is 2.50. The van der Waals surface area contributed by atoms with Gasteiger partial charge in [0.05, 0.1) is 0 Å². The fourth-order valence-electron chi connectivity index (χ4n) is 3.24. The van der Waals surface area contributed by atoms with Crippen molar-refractivity contribution in [2.45, 2.75) is 45.1 Å². The number of hydrogen-bond donors (Lipinski definition) is 1. The lowest BCUT2D eigenvalue weighted by Crippen LogP contribution is -2.29. The maximum absolute atomic E-state index is 11.9. The quantitative estimate of drug-likeness (QED) is 0.896. The summed E-state index contributed by atoms with van der Waals surface area (Å²) in [6, 6.07) is 9.77. The monoisotopic (exact) mass is 271 g/mol. The van der Waals surface area contributed by atoms with Crippen LogP contribution in [0.15, 0.2) is 41.6 Å². The molecule has 0 spiro atoms. The van der Waals surface area contributed by atoms with Crippen molar-refractivity contribution < 1.29 is 9.53 Å². The van der Waals surface area contributed by atoms with Gasteiger partial charge in [0.1, 0.15) is 6.61 Å². The molecular formula is C17H21NO2. The summed E-state index contributed by atoms with van der Waals surface area (Å²) in [4.78, 5) is 11.9. The van der Waals surface area contributed by atoms with E-state index in [0.717, 1.165) is 30.0 Å². The van der Waals surface area contributed by atoms with Crippen molar-refractivity contribution >= 4 is 6.09 Å². The van der Waals surface area contributed by atoms with Crippen LogP contribution in [-0.2, 0) is 11.3 Å². The summed E-state index contributed by atoms with van der Waals surface area (Å²) >= 11 is 0. The van der Waals surface area contributed by atoms with E-state index < -0.39 is 0 Å². The van der Waals surface area contributed by atoms with E-state index in [4.69, 9.17) is 4.74 Å². The summed E-state index contributed by atoms with van der Waals surface area (Å²) in [6.07, 6.45) is 6.83. The zero-order valence-corrected chi connectivity index (χ0v) is 11.7. The van der Waals surface area contributed by atoms with Crippen LogP contribution in [0.25, 0.3) is 0 Å². The van der Waals surface area contributed by atoms with Gasteiger partial charge in [0, 0.05) is 5.70 Å². The van der Waals surface area contributed by atoms with E-state index in [9.17, 15) is 4.79 Å². The van der Waals surface area contributed by atoms with Crippen LogP contribution in [0.5, 0.6) is 0 Å². The lowest BCUT2D eigenvalue weighted by molar-refractivity contribution is 0.141. The van der Waals surface area contributed by atoms with Gasteiger partial charge in [0.25, 0.3) is 0 Å². The van der Waals surface area contributed by atoms with E-state index in [1.165, 1.54) is 31.3 Å². The van der Waals surface area contributed by atoms with Crippen molar-refractivity contribution in [3.05, 3.63) is 47.2 Å². The van der Waals surface area contributed by atoms with Gasteiger partial charge in [-0.25, -0.2) is 4.79 Å². The summed E-state index contributed by atoms with van der Waals surface area (Å²) in [5.74, 6) is 0.852. The SMILES string of the molecule is O=C(NC1=C2CCCC(CC1)C2)OCc1ccccc1. The number of carbonyl (C=O) groups excluding carboxylic acids is 1. The third kappa shape index (κ3) is 3.21. The first-order chi connectivity index (χ1) is 9.81. The Morgan fingerprint density at radius 3 is 2.90 bits per heavy atom. The fraction of sp³-hybridized carbons (Fsp3) is 0.471. The molecule has 1 saturated carbocycles. The molecule has 1 N–H and O–H groups in total. The van der Waals surface area contributed by atoms with Crippen LogP contribution in [-0.4, -0.2) is 6.09 Å². The van der Waals surface area contributed by atoms with Gasteiger partial charge in [-0.1, -0.05) is 35.9 Å². The van der Waals surface area contributed by atoms with Crippen LogP contribution in [0.4, 0.5) is 4.79 Å². The third-order valence-corrected chi connectivity index (χ3v) is 4.32. The predicted octanol–water partition coefficient (Wildman–Crippen LogP) is 4.15. The van der Waals surface area contributed by atoms with Gasteiger partial charge in [0.2, 0.25) is 0 Å². The Balaban J connectivity index is 1.54. The summed E-state index contributed by atoms with van der Waals surface area (Å²) in [5.41, 5.74) is 3.59. The van der Waals surface area contributed by atoms with E-state index in [-0.39, 0.29) is 6.09 Å². The largest absolute Gasteiger partial charge is 0.444 e. The zero-order valence-electron chi connectivity index (χ0n) is 11.7. The lowest BCUT2D eigenvalue weighted by atomic mass is 9.77. The van der Waals surface area contributed by atoms with Crippen molar-refractivity contribution in [2.75, 3.05) is 0 Å². The van der Waals surface area contributed by atoms with E-state index in [0.29, 0.717) is 6.61 Å². The normalized spacial score (nSPS) is 21.5. The van der Waals surface area contributed by atoms with Crippen LogP contribution in [0.3, 0.4) is 0 Å². The van der Waals surface area contributed by atoms with Gasteiger partial charge in [0.15, 0.2) is 0 Å². The average molecular weight is 271 g/mol. The molecular weight excluding hydrogens is 250 g/mol. The molecule has 0 heterocycles. The maximum atomic E-state index is 11.9. The lowest BCUT2D eigenvalue weighted by Gasteiger charge is -2.31. The van der Waals surface area contributed by atoms with E-state index in [1.54, 1.807) is 0 Å². The first-order valence-electron chi connectivity index (χ1n) is 7.50. The van der Waals surface area contributed by atoms with E-state index >= 15 is 0 Å². The molecule has 0 aliphatic heterocycles. The summed E-state index contributed by atoms with van der Waals surface area (Å²) < 4.78 is 5.28. The highest BCUT2D eigenvalue weighted by Gasteiger charge is 2.25. The third-order valence-electron chi connectivity index (χ3n) is 4.32. The molecule has 3 nitrogen and oxygen atoms in total. The first kappa shape index (κ1) is 13.2. The molecule has 0 saturated heterocycles. The number of amides is 1. The number of benzene rings is 1. The maximum Gasteiger partial charge on any atom is 0.411 e. The molecule has 1 aromatic rings. The highest BCUT2D eigenvalue weighted by atomic mass is 16.5. The Labute approximate surface area is 120 Å². The Morgan fingerprint density at radius 2 is 2.05 bits per heavy atom. The molecule has 0 aromatic heterocycles. The molecule has 20 heavy (non-hydrogen) atoms. The topological polar surface area (TPSA) is 38.3 Å². The summed E-state index contributed by atoms with van der Waals surface area (Å²) in [5, 5.41) is 2.96. The molecule has 2 bridgehead atoms. The summed E-state index contributed by atoms with van der Waals surface area (Å²) in [7, 11) is 0. The van der Waals surface area contributed by atoms with Gasteiger partial charge in [-0.2, -0.15) is 0 Å². The number of nitrogens with one attached hydrogen (secondary N) is 1. The molecule has 2 aliphatic rings. The van der Waals surface area contributed by atoms with Gasteiger partial charge >= 0.3 is 6.09 Å². The van der Waals surface area contributed by atoms with Crippen molar-refractivity contribution in [2.24, 2.45) is 5.92 Å². The second-order valence-electron chi connectivity index (χ2n) is 5.77. The number of allylic oxidation sites excluding steroid dienone is 2. The van der Waals surface area contributed by atoms with Crippen LogP contribution in [0.1, 0.15) is 44.1 Å². The number of fused-ring (bicyclic) bond motifs is 2. The number of hydrogen-bond acceptors (Lipinski definition) is 2. The van der Waals surface area contributed by atoms with E-state index in [1.807, 2.05) is 30.3 Å². The summed E-state index contributed by atoms with van der Waals surface area (Å²) in [6.45, 7) is 0.331. The van der Waals surface area contributed by atoms with Crippen LogP contribution in [0, 0.1) is 5.92 Å². The van der Waals surface area contributed by atoms with Crippen molar-refractivity contribution in [3.8, 4) is 0 Å². The highest BCUT2D eigenvalue weighted by Crippen LogP contribution is 2.38. The number of rotatable bonds is 3. The molecule has 1 atom stereocenters. The first-order valence-corrected chi connectivity index (χ1v) is 7.50. The Kier molecular flexibility index (Phi) is 4.05. The van der Waals surface area contributed by atoms with Crippen LogP contribution < -0.4 is 5.32 Å². The molecule has 1 fully saturated rings. The molecule has 1 unspecified atom stereocenters. The molecule has 3 heteroatoms. The van der Waals surface area contributed by atoms with Gasteiger partial charge < -0.3 is 4.74 Å². The molecule has 3 rings (SSSR count). The van der Waals surface area contributed by atoms with Gasteiger partial charge in [-0.3, -0.25) is 5.32 Å². The molecule has 1 aromatic carbocycles.